The lowest BCUT2D eigenvalue weighted by molar-refractivity contribution is 0.206. The Hall–Kier alpha value is -2.55. The second-order valence-electron chi connectivity index (χ2n) is 3.54. The molecule has 0 aliphatic carbocycles. The van der Waals surface area contributed by atoms with Gasteiger partial charge in [-0.25, -0.2) is 0 Å². The summed E-state index contributed by atoms with van der Waals surface area (Å²) in [6.45, 7) is 0.716. The number of hydrogen-bond donors (Lipinski definition) is 0. The topological polar surface area (TPSA) is 73.0 Å². The van der Waals surface area contributed by atoms with Gasteiger partial charge in [0.2, 0.25) is 0 Å². The zero-order valence-corrected chi connectivity index (χ0v) is 9.91. The summed E-state index contributed by atoms with van der Waals surface area (Å²) >= 11 is 0. The van der Waals surface area contributed by atoms with Crippen LogP contribution in [-0.2, 0) is 7.05 Å². The van der Waals surface area contributed by atoms with Gasteiger partial charge in [-0.05, 0) is 18.2 Å². The van der Waals surface area contributed by atoms with Crippen LogP contribution in [0.2, 0.25) is 0 Å². The SMILES string of the molecule is Cn1cnc(OCCOc2cccc(C#N)c2)n1. The van der Waals surface area contributed by atoms with Gasteiger partial charge in [-0.2, -0.15) is 10.2 Å². The number of nitrogens with zero attached hydrogens (tertiary/aromatic N) is 4. The third-order valence-corrected chi connectivity index (χ3v) is 2.12. The molecule has 0 saturated carbocycles. The van der Waals surface area contributed by atoms with E-state index in [4.69, 9.17) is 14.7 Å². The fourth-order valence-electron chi connectivity index (χ4n) is 1.33. The summed E-state index contributed by atoms with van der Waals surface area (Å²) in [5.41, 5.74) is 0.569. The van der Waals surface area contributed by atoms with Crippen molar-refractivity contribution in [3.63, 3.8) is 0 Å². The molecule has 1 aromatic heterocycles. The molecule has 0 N–H and O–H groups in total. The lowest BCUT2D eigenvalue weighted by Gasteiger charge is -2.05. The molecular formula is C12H12N4O2. The Morgan fingerprint density at radius 2 is 2.17 bits per heavy atom. The molecule has 0 saturated heterocycles. The Morgan fingerprint density at radius 1 is 1.33 bits per heavy atom. The van der Waals surface area contributed by atoms with Gasteiger partial charge in [-0.3, -0.25) is 4.68 Å². The minimum atomic E-state index is 0.326. The molecule has 2 aromatic rings. The molecule has 6 nitrogen and oxygen atoms in total. The Morgan fingerprint density at radius 3 is 2.89 bits per heavy atom. The predicted octanol–water partition coefficient (Wildman–Crippen LogP) is 1.14. The molecule has 6 heteroatoms. The molecule has 2 rings (SSSR count). The molecule has 0 bridgehead atoms. The number of ether oxygens (including phenoxy) is 2. The molecule has 0 unspecified atom stereocenters. The number of aryl methyl sites for hydroxylation is 1. The Kier molecular flexibility index (Phi) is 3.76. The van der Waals surface area contributed by atoms with Gasteiger partial charge in [0.1, 0.15) is 25.3 Å². The van der Waals surface area contributed by atoms with Gasteiger partial charge in [0.15, 0.2) is 0 Å². The summed E-state index contributed by atoms with van der Waals surface area (Å²) in [4.78, 5) is 3.92. The summed E-state index contributed by atoms with van der Waals surface area (Å²) in [6, 6.07) is 9.35. The van der Waals surface area contributed by atoms with Crippen molar-refractivity contribution in [1.82, 2.24) is 14.8 Å². The highest BCUT2D eigenvalue weighted by Gasteiger charge is 2.00. The minimum Gasteiger partial charge on any atom is -0.490 e. The Labute approximate surface area is 104 Å². The van der Waals surface area contributed by atoms with Gasteiger partial charge in [-0.15, -0.1) is 5.10 Å². The van der Waals surface area contributed by atoms with Crippen molar-refractivity contribution >= 4 is 0 Å². The van der Waals surface area contributed by atoms with Crippen LogP contribution in [-0.4, -0.2) is 28.0 Å². The molecule has 18 heavy (non-hydrogen) atoms. The number of aromatic nitrogens is 3. The van der Waals surface area contributed by atoms with E-state index >= 15 is 0 Å². The van der Waals surface area contributed by atoms with Crippen LogP contribution in [0.15, 0.2) is 30.6 Å². The summed E-state index contributed by atoms with van der Waals surface area (Å²) < 4.78 is 12.3. The van der Waals surface area contributed by atoms with Crippen molar-refractivity contribution in [1.29, 1.82) is 5.26 Å². The molecule has 0 spiro atoms. The molecule has 0 amide bonds. The number of nitriles is 1. The van der Waals surface area contributed by atoms with Crippen LogP contribution in [0.3, 0.4) is 0 Å². The minimum absolute atomic E-state index is 0.326. The van der Waals surface area contributed by atoms with E-state index in [1.54, 1.807) is 42.3 Å². The van der Waals surface area contributed by atoms with E-state index in [1.807, 2.05) is 0 Å². The zero-order valence-electron chi connectivity index (χ0n) is 9.91. The first-order valence-corrected chi connectivity index (χ1v) is 5.39. The fourth-order valence-corrected chi connectivity index (χ4v) is 1.33. The van der Waals surface area contributed by atoms with Crippen molar-refractivity contribution in [3.05, 3.63) is 36.2 Å². The molecule has 0 fully saturated rings. The van der Waals surface area contributed by atoms with Crippen LogP contribution in [0.25, 0.3) is 0 Å². The number of hydrogen-bond acceptors (Lipinski definition) is 5. The van der Waals surface area contributed by atoms with Crippen LogP contribution in [0, 0.1) is 11.3 Å². The maximum absolute atomic E-state index is 8.74. The molecule has 1 heterocycles. The van der Waals surface area contributed by atoms with E-state index in [0.717, 1.165) is 0 Å². The summed E-state index contributed by atoms with van der Waals surface area (Å²) in [5, 5.41) is 12.7. The summed E-state index contributed by atoms with van der Waals surface area (Å²) in [7, 11) is 1.77. The maximum Gasteiger partial charge on any atom is 0.335 e. The van der Waals surface area contributed by atoms with Gasteiger partial charge >= 0.3 is 6.01 Å². The first kappa shape index (κ1) is 11.9. The van der Waals surface area contributed by atoms with Gasteiger partial charge in [-0.1, -0.05) is 6.07 Å². The van der Waals surface area contributed by atoms with Gasteiger partial charge in [0.25, 0.3) is 0 Å². The van der Waals surface area contributed by atoms with Crippen molar-refractivity contribution in [2.45, 2.75) is 0 Å². The second-order valence-corrected chi connectivity index (χ2v) is 3.54. The van der Waals surface area contributed by atoms with Crippen LogP contribution in [0.5, 0.6) is 11.8 Å². The molecule has 0 radical (unpaired) electrons. The zero-order chi connectivity index (χ0) is 12.8. The van der Waals surface area contributed by atoms with E-state index in [0.29, 0.717) is 30.5 Å². The fraction of sp³-hybridized carbons (Fsp3) is 0.250. The van der Waals surface area contributed by atoms with Crippen LogP contribution in [0.4, 0.5) is 0 Å². The first-order valence-electron chi connectivity index (χ1n) is 5.39. The average molecular weight is 244 g/mol. The highest BCUT2D eigenvalue weighted by atomic mass is 16.5. The van der Waals surface area contributed by atoms with E-state index in [-0.39, 0.29) is 0 Å². The lowest BCUT2D eigenvalue weighted by atomic mass is 10.2. The average Bonchev–Trinajstić information content (AvgIpc) is 2.81. The third kappa shape index (κ3) is 3.22. The predicted molar refractivity (Wildman–Crippen MR) is 63.2 cm³/mol. The van der Waals surface area contributed by atoms with Crippen LogP contribution in [0.1, 0.15) is 5.56 Å². The number of benzene rings is 1. The van der Waals surface area contributed by atoms with E-state index in [1.165, 1.54) is 0 Å². The smallest absolute Gasteiger partial charge is 0.335 e. The molecule has 0 atom stereocenters. The summed E-state index contributed by atoms with van der Waals surface area (Å²) in [5.74, 6) is 0.645. The summed E-state index contributed by atoms with van der Waals surface area (Å²) in [6.07, 6.45) is 1.56. The standard InChI is InChI=1S/C12H12N4O2/c1-16-9-14-12(15-16)18-6-5-17-11-4-2-3-10(7-11)8-13/h2-4,7,9H,5-6H2,1H3. The van der Waals surface area contributed by atoms with Crippen molar-refractivity contribution in [2.24, 2.45) is 7.05 Å². The van der Waals surface area contributed by atoms with Gasteiger partial charge < -0.3 is 9.47 Å². The monoisotopic (exact) mass is 244 g/mol. The van der Waals surface area contributed by atoms with E-state index in [2.05, 4.69) is 16.2 Å². The number of rotatable bonds is 5. The molecule has 0 aliphatic heterocycles. The Bertz CT molecular complexity index is 559. The molecule has 1 aromatic carbocycles. The van der Waals surface area contributed by atoms with Crippen LogP contribution < -0.4 is 9.47 Å². The van der Waals surface area contributed by atoms with Crippen molar-refractivity contribution < 1.29 is 9.47 Å². The second kappa shape index (κ2) is 5.68. The van der Waals surface area contributed by atoms with Gasteiger partial charge in [0.05, 0.1) is 11.6 Å². The van der Waals surface area contributed by atoms with Gasteiger partial charge in [0, 0.05) is 7.05 Å². The normalized spacial score (nSPS) is 9.78. The third-order valence-electron chi connectivity index (χ3n) is 2.12. The quantitative estimate of drug-likeness (QED) is 0.737. The highest BCUT2D eigenvalue weighted by Crippen LogP contribution is 2.12. The maximum atomic E-state index is 8.74. The largest absolute Gasteiger partial charge is 0.490 e. The molecule has 92 valence electrons. The Balaban J connectivity index is 1.77. The first-order chi connectivity index (χ1) is 8.78. The van der Waals surface area contributed by atoms with Crippen molar-refractivity contribution in [3.8, 4) is 17.8 Å². The molecular weight excluding hydrogens is 232 g/mol. The lowest BCUT2D eigenvalue weighted by Crippen LogP contribution is -2.10. The van der Waals surface area contributed by atoms with Crippen molar-refractivity contribution in [2.75, 3.05) is 13.2 Å². The highest BCUT2D eigenvalue weighted by molar-refractivity contribution is 5.36. The van der Waals surface area contributed by atoms with E-state index in [9.17, 15) is 0 Å². The molecule has 0 aliphatic rings. The van der Waals surface area contributed by atoms with E-state index < -0.39 is 0 Å². The van der Waals surface area contributed by atoms with Crippen LogP contribution >= 0.6 is 0 Å².